The van der Waals surface area contributed by atoms with Gasteiger partial charge in [-0.25, -0.2) is 0 Å². The summed E-state index contributed by atoms with van der Waals surface area (Å²) in [5.41, 5.74) is 0.749. The average Bonchev–Trinajstić information content (AvgIpc) is 2.53. The Bertz CT molecular complexity index is 605. The van der Waals surface area contributed by atoms with Gasteiger partial charge in [-0.2, -0.15) is 0 Å². The number of benzene rings is 1. The van der Waals surface area contributed by atoms with Crippen LogP contribution in [-0.4, -0.2) is 35.7 Å². The van der Waals surface area contributed by atoms with Gasteiger partial charge in [0.15, 0.2) is 6.10 Å². The number of nitrogens with one attached hydrogen (secondary N) is 2. The smallest absolute Gasteiger partial charge is 0.308 e. The van der Waals surface area contributed by atoms with Crippen molar-refractivity contribution in [1.29, 1.82) is 0 Å². The van der Waals surface area contributed by atoms with Gasteiger partial charge in [-0.1, -0.05) is 19.1 Å². The average molecular weight is 336 g/mol. The first-order valence-electron chi connectivity index (χ1n) is 7.55. The number of ether oxygens (including phenoxy) is 1. The Morgan fingerprint density at radius 3 is 2.87 bits per heavy atom. The predicted molar refractivity (Wildman–Crippen MR) is 88.2 cm³/mol. The molecule has 0 radical (unpaired) electrons. The van der Waals surface area contributed by atoms with Gasteiger partial charge in [0, 0.05) is 11.4 Å². The van der Waals surface area contributed by atoms with Gasteiger partial charge in [0.05, 0.1) is 17.4 Å². The number of fused-ring (bicyclic) bond motifs is 1. The van der Waals surface area contributed by atoms with Crippen LogP contribution >= 0.6 is 11.8 Å². The van der Waals surface area contributed by atoms with E-state index in [-0.39, 0.29) is 18.2 Å². The second-order valence-corrected chi connectivity index (χ2v) is 6.46. The maximum atomic E-state index is 12.0. The monoisotopic (exact) mass is 336 g/mol. The minimum Gasteiger partial charge on any atom is -0.453 e. The molecular formula is C16H20N2O4S. The van der Waals surface area contributed by atoms with Gasteiger partial charge in [0.25, 0.3) is 5.91 Å². The normalized spacial score (nSPS) is 17.7. The summed E-state index contributed by atoms with van der Waals surface area (Å²) in [4.78, 5) is 36.6. The zero-order valence-corrected chi connectivity index (χ0v) is 13.9. The molecule has 0 unspecified atom stereocenters. The Kier molecular flexibility index (Phi) is 6.04. The quantitative estimate of drug-likeness (QED) is 0.776. The van der Waals surface area contributed by atoms with Crippen LogP contribution in [0.5, 0.6) is 0 Å². The molecule has 6 nitrogen and oxygen atoms in total. The first kappa shape index (κ1) is 17.3. The molecule has 1 aliphatic rings. The highest BCUT2D eigenvalue weighted by atomic mass is 32.2. The lowest BCUT2D eigenvalue weighted by molar-refractivity contribution is -0.155. The van der Waals surface area contributed by atoms with Crippen molar-refractivity contribution in [3.63, 3.8) is 0 Å². The largest absolute Gasteiger partial charge is 0.453 e. The maximum Gasteiger partial charge on any atom is 0.308 e. The lowest BCUT2D eigenvalue weighted by Crippen LogP contribution is -2.37. The summed E-state index contributed by atoms with van der Waals surface area (Å²) in [6.07, 6.45) is -0.126. The number of rotatable bonds is 6. The van der Waals surface area contributed by atoms with Crippen LogP contribution in [-0.2, 0) is 19.1 Å². The Balaban J connectivity index is 1.88. The zero-order chi connectivity index (χ0) is 16.8. The zero-order valence-electron chi connectivity index (χ0n) is 13.1. The molecule has 2 atom stereocenters. The molecule has 1 aromatic rings. The van der Waals surface area contributed by atoms with Crippen LogP contribution in [0, 0.1) is 0 Å². The number of anilines is 1. The van der Waals surface area contributed by atoms with E-state index in [2.05, 4.69) is 10.6 Å². The number of carbonyl (C=O) groups excluding carboxylic acids is 3. The van der Waals surface area contributed by atoms with E-state index in [4.69, 9.17) is 4.74 Å². The van der Waals surface area contributed by atoms with Crippen molar-refractivity contribution in [2.24, 2.45) is 0 Å². The van der Waals surface area contributed by atoms with E-state index >= 15 is 0 Å². The molecule has 0 bridgehead atoms. The third-order valence-electron chi connectivity index (χ3n) is 3.29. The molecule has 0 aromatic heterocycles. The second kappa shape index (κ2) is 8.01. The summed E-state index contributed by atoms with van der Waals surface area (Å²) in [7, 11) is 0. The van der Waals surface area contributed by atoms with Crippen molar-refractivity contribution in [1.82, 2.24) is 5.32 Å². The van der Waals surface area contributed by atoms with Crippen molar-refractivity contribution >= 4 is 35.2 Å². The predicted octanol–water partition coefficient (Wildman–Crippen LogP) is 1.95. The third kappa shape index (κ3) is 4.72. The van der Waals surface area contributed by atoms with Crippen LogP contribution in [0.15, 0.2) is 29.2 Å². The van der Waals surface area contributed by atoms with Crippen LogP contribution in [0.4, 0.5) is 5.69 Å². The van der Waals surface area contributed by atoms with Gasteiger partial charge >= 0.3 is 5.97 Å². The molecular weight excluding hydrogens is 316 g/mol. The van der Waals surface area contributed by atoms with E-state index < -0.39 is 17.3 Å². The number of hydrogen-bond acceptors (Lipinski definition) is 5. The number of thioether (sulfide) groups is 1. The van der Waals surface area contributed by atoms with Crippen molar-refractivity contribution in [2.75, 3.05) is 11.9 Å². The van der Waals surface area contributed by atoms with E-state index in [0.717, 1.165) is 17.0 Å². The highest BCUT2D eigenvalue weighted by Gasteiger charge is 2.30. The summed E-state index contributed by atoms with van der Waals surface area (Å²) in [6, 6.07) is 7.41. The van der Waals surface area contributed by atoms with E-state index in [0.29, 0.717) is 6.54 Å². The van der Waals surface area contributed by atoms with E-state index in [9.17, 15) is 14.4 Å². The number of esters is 1. The minimum absolute atomic E-state index is 0.0732. The van der Waals surface area contributed by atoms with Gasteiger partial charge in [0.2, 0.25) is 5.91 Å². The van der Waals surface area contributed by atoms with Crippen molar-refractivity contribution in [2.45, 2.75) is 42.9 Å². The van der Waals surface area contributed by atoms with Crippen LogP contribution in [0.2, 0.25) is 0 Å². The summed E-state index contributed by atoms with van der Waals surface area (Å²) >= 11 is 1.33. The molecule has 2 N–H and O–H groups in total. The SMILES string of the molecule is CCCNC(=O)[C@H](C)OC(=O)C[C@@H]1Sc2ccccc2NC1=O. The van der Waals surface area contributed by atoms with Gasteiger partial charge < -0.3 is 15.4 Å². The first-order chi connectivity index (χ1) is 11.0. The molecule has 2 amide bonds. The van der Waals surface area contributed by atoms with E-state index in [1.807, 2.05) is 31.2 Å². The van der Waals surface area contributed by atoms with Gasteiger partial charge in [-0.05, 0) is 25.5 Å². The number of amides is 2. The molecule has 0 saturated carbocycles. The molecule has 7 heteroatoms. The van der Waals surface area contributed by atoms with Crippen LogP contribution in [0.1, 0.15) is 26.7 Å². The fraction of sp³-hybridized carbons (Fsp3) is 0.438. The topological polar surface area (TPSA) is 84.5 Å². The van der Waals surface area contributed by atoms with Crippen molar-refractivity contribution in [3.05, 3.63) is 24.3 Å². The maximum absolute atomic E-state index is 12.0. The Hall–Kier alpha value is -2.02. The summed E-state index contributed by atoms with van der Waals surface area (Å²) in [6.45, 7) is 4.00. The highest BCUT2D eigenvalue weighted by molar-refractivity contribution is 8.01. The number of hydrogen-bond donors (Lipinski definition) is 2. The molecule has 0 aliphatic carbocycles. The van der Waals surface area contributed by atoms with Crippen LogP contribution in [0.25, 0.3) is 0 Å². The molecule has 0 fully saturated rings. The molecule has 1 aromatic carbocycles. The summed E-state index contributed by atoms with van der Waals surface area (Å²) in [5.74, 6) is -1.11. The van der Waals surface area contributed by atoms with Crippen molar-refractivity contribution in [3.8, 4) is 0 Å². The van der Waals surface area contributed by atoms with Crippen LogP contribution in [0.3, 0.4) is 0 Å². The molecule has 124 valence electrons. The van der Waals surface area contributed by atoms with E-state index in [1.54, 1.807) is 0 Å². The number of carbonyl (C=O) groups is 3. The Morgan fingerprint density at radius 2 is 2.13 bits per heavy atom. The fourth-order valence-electron chi connectivity index (χ4n) is 2.07. The van der Waals surface area contributed by atoms with E-state index in [1.165, 1.54) is 18.7 Å². The van der Waals surface area contributed by atoms with Crippen LogP contribution < -0.4 is 10.6 Å². The Labute approximate surface area is 139 Å². The van der Waals surface area contributed by atoms with Gasteiger partial charge in [-0.15, -0.1) is 11.8 Å². The van der Waals surface area contributed by atoms with Crippen molar-refractivity contribution < 1.29 is 19.1 Å². The summed E-state index contributed by atoms with van der Waals surface area (Å²) in [5, 5.41) is 4.88. The minimum atomic E-state index is -0.863. The Morgan fingerprint density at radius 1 is 1.39 bits per heavy atom. The third-order valence-corrected chi connectivity index (χ3v) is 4.56. The molecule has 1 heterocycles. The lowest BCUT2D eigenvalue weighted by atomic mass is 10.2. The molecule has 23 heavy (non-hydrogen) atoms. The lowest BCUT2D eigenvalue weighted by Gasteiger charge is -2.23. The second-order valence-electron chi connectivity index (χ2n) is 5.22. The fourth-order valence-corrected chi connectivity index (χ4v) is 3.16. The standard InChI is InChI=1S/C16H20N2O4S/c1-3-8-17-15(20)10(2)22-14(19)9-13-16(21)18-11-6-4-5-7-12(11)23-13/h4-7,10,13H,3,8-9H2,1-2H3,(H,17,20)(H,18,21)/t10-,13-/m0/s1. The molecule has 0 spiro atoms. The van der Waals surface area contributed by atoms with Gasteiger partial charge in [-0.3, -0.25) is 14.4 Å². The molecule has 2 rings (SSSR count). The summed E-state index contributed by atoms with van der Waals surface area (Å²) < 4.78 is 5.10. The van der Waals surface area contributed by atoms with Gasteiger partial charge in [0.1, 0.15) is 0 Å². The first-order valence-corrected chi connectivity index (χ1v) is 8.43. The highest BCUT2D eigenvalue weighted by Crippen LogP contribution is 2.36. The molecule has 1 aliphatic heterocycles. The molecule has 0 saturated heterocycles. The number of para-hydroxylation sites is 1.